The number of hydrogen-bond acceptors (Lipinski definition) is 4. The lowest BCUT2D eigenvalue weighted by molar-refractivity contribution is 0.0602. The van der Waals surface area contributed by atoms with Gasteiger partial charge in [0.05, 0.1) is 41.5 Å². The van der Waals surface area contributed by atoms with Crippen LogP contribution in [0.2, 0.25) is 0 Å². The first-order valence-corrected chi connectivity index (χ1v) is 9.36. The molecule has 0 aliphatic heterocycles. The quantitative estimate of drug-likeness (QED) is 0.501. The summed E-state index contributed by atoms with van der Waals surface area (Å²) < 4.78 is 6.55. The van der Waals surface area contributed by atoms with Gasteiger partial charge in [0.2, 0.25) is 0 Å². The molecule has 6 heteroatoms. The van der Waals surface area contributed by atoms with Crippen LogP contribution in [0.4, 0.5) is 5.69 Å². The molecule has 148 valence electrons. The zero-order valence-corrected chi connectivity index (χ0v) is 16.3. The SMILES string of the molecule is COC(=O)c1ccccc1NC(=O)c1cnn(-c2ccccc2)c1-c1ccccc1. The predicted molar refractivity (Wildman–Crippen MR) is 115 cm³/mol. The van der Waals surface area contributed by atoms with Crippen LogP contribution >= 0.6 is 0 Å². The molecule has 1 amide bonds. The van der Waals surface area contributed by atoms with Crippen LogP contribution in [0.15, 0.2) is 91.1 Å². The fourth-order valence-electron chi connectivity index (χ4n) is 3.22. The molecule has 0 aliphatic rings. The first-order chi connectivity index (χ1) is 14.7. The number of rotatable bonds is 5. The van der Waals surface area contributed by atoms with Crippen molar-refractivity contribution < 1.29 is 14.3 Å². The number of nitrogens with one attached hydrogen (secondary N) is 1. The highest BCUT2D eigenvalue weighted by molar-refractivity contribution is 6.10. The number of hydrogen-bond donors (Lipinski definition) is 1. The molecule has 6 nitrogen and oxygen atoms in total. The molecule has 0 aliphatic carbocycles. The summed E-state index contributed by atoms with van der Waals surface area (Å²) in [5, 5.41) is 7.29. The maximum Gasteiger partial charge on any atom is 0.339 e. The molecule has 0 unspecified atom stereocenters. The van der Waals surface area contributed by atoms with Gasteiger partial charge >= 0.3 is 5.97 Å². The minimum atomic E-state index is -0.519. The molecule has 0 radical (unpaired) electrons. The van der Waals surface area contributed by atoms with E-state index in [1.807, 2.05) is 60.7 Å². The lowest BCUT2D eigenvalue weighted by Crippen LogP contribution is -2.16. The Morgan fingerprint density at radius 2 is 1.47 bits per heavy atom. The van der Waals surface area contributed by atoms with Crippen molar-refractivity contribution in [3.8, 4) is 16.9 Å². The molecule has 30 heavy (non-hydrogen) atoms. The minimum absolute atomic E-state index is 0.282. The lowest BCUT2D eigenvalue weighted by Gasteiger charge is -2.12. The number of ether oxygens (including phenoxy) is 1. The van der Waals surface area contributed by atoms with Gasteiger partial charge < -0.3 is 10.1 Å². The summed E-state index contributed by atoms with van der Waals surface area (Å²) in [6, 6.07) is 25.9. The highest BCUT2D eigenvalue weighted by atomic mass is 16.5. The van der Waals surface area contributed by atoms with Crippen LogP contribution in [0.25, 0.3) is 16.9 Å². The Morgan fingerprint density at radius 1 is 0.833 bits per heavy atom. The van der Waals surface area contributed by atoms with E-state index in [1.54, 1.807) is 28.9 Å². The van der Waals surface area contributed by atoms with E-state index in [9.17, 15) is 9.59 Å². The summed E-state index contributed by atoms with van der Waals surface area (Å²) in [5.41, 5.74) is 3.40. The van der Waals surface area contributed by atoms with Crippen LogP contribution in [0.3, 0.4) is 0 Å². The number of amides is 1. The first kappa shape index (κ1) is 19.1. The van der Waals surface area contributed by atoms with Crippen molar-refractivity contribution in [2.24, 2.45) is 0 Å². The molecular formula is C24H19N3O3. The van der Waals surface area contributed by atoms with E-state index >= 15 is 0 Å². The Balaban J connectivity index is 1.78. The number of para-hydroxylation sites is 2. The molecule has 1 heterocycles. The second-order valence-corrected chi connectivity index (χ2v) is 6.51. The Bertz CT molecular complexity index is 1180. The molecule has 0 fully saturated rings. The molecule has 3 aromatic carbocycles. The summed E-state index contributed by atoms with van der Waals surface area (Å²) in [4.78, 5) is 25.2. The van der Waals surface area contributed by atoms with Gasteiger partial charge in [-0.2, -0.15) is 5.10 Å². The maximum absolute atomic E-state index is 13.2. The van der Waals surface area contributed by atoms with E-state index in [2.05, 4.69) is 10.4 Å². The summed E-state index contributed by atoms with van der Waals surface area (Å²) in [6.07, 6.45) is 1.53. The number of carbonyl (C=O) groups excluding carboxylic acids is 2. The molecule has 1 aromatic heterocycles. The van der Waals surface area contributed by atoms with Crippen LogP contribution in [0, 0.1) is 0 Å². The highest BCUT2D eigenvalue weighted by Gasteiger charge is 2.21. The fourth-order valence-corrected chi connectivity index (χ4v) is 3.22. The Hall–Kier alpha value is -4.19. The van der Waals surface area contributed by atoms with Crippen molar-refractivity contribution >= 4 is 17.6 Å². The number of esters is 1. The third-order valence-corrected chi connectivity index (χ3v) is 4.64. The third-order valence-electron chi connectivity index (χ3n) is 4.64. The third kappa shape index (κ3) is 3.71. The van der Waals surface area contributed by atoms with E-state index in [0.717, 1.165) is 11.3 Å². The van der Waals surface area contributed by atoms with Gasteiger partial charge in [0.15, 0.2) is 0 Å². The highest BCUT2D eigenvalue weighted by Crippen LogP contribution is 2.28. The topological polar surface area (TPSA) is 73.2 Å². The number of methoxy groups -OCH3 is 1. The van der Waals surface area contributed by atoms with Gasteiger partial charge in [-0.05, 0) is 24.3 Å². The number of carbonyl (C=O) groups is 2. The molecule has 1 N–H and O–H groups in total. The molecule has 0 saturated heterocycles. The van der Waals surface area contributed by atoms with Gasteiger partial charge in [-0.1, -0.05) is 60.7 Å². The average Bonchev–Trinajstić information content (AvgIpc) is 3.25. The summed E-state index contributed by atoms with van der Waals surface area (Å²) in [6.45, 7) is 0. The number of aromatic nitrogens is 2. The number of nitrogens with zero attached hydrogens (tertiary/aromatic N) is 2. The maximum atomic E-state index is 13.2. The van der Waals surface area contributed by atoms with Crippen molar-refractivity contribution in [1.29, 1.82) is 0 Å². The second kappa shape index (κ2) is 8.45. The van der Waals surface area contributed by atoms with E-state index < -0.39 is 5.97 Å². The van der Waals surface area contributed by atoms with Crippen LogP contribution in [-0.4, -0.2) is 28.8 Å². The molecular weight excluding hydrogens is 378 g/mol. The monoisotopic (exact) mass is 397 g/mol. The van der Waals surface area contributed by atoms with E-state index in [-0.39, 0.29) is 11.5 Å². The van der Waals surface area contributed by atoms with Gasteiger partial charge in [0.25, 0.3) is 5.91 Å². The molecule has 0 atom stereocenters. The predicted octanol–water partition coefficient (Wildman–Crippen LogP) is 4.58. The van der Waals surface area contributed by atoms with Crippen LogP contribution in [0.5, 0.6) is 0 Å². The molecule has 0 bridgehead atoms. The van der Waals surface area contributed by atoms with Gasteiger partial charge in [0, 0.05) is 5.56 Å². The van der Waals surface area contributed by atoms with Crippen molar-refractivity contribution in [3.05, 3.63) is 102 Å². The molecule has 0 saturated carbocycles. The first-order valence-electron chi connectivity index (χ1n) is 9.36. The fraction of sp³-hybridized carbons (Fsp3) is 0.0417. The van der Waals surface area contributed by atoms with Crippen molar-refractivity contribution in [1.82, 2.24) is 9.78 Å². The molecule has 4 aromatic rings. The van der Waals surface area contributed by atoms with E-state index in [0.29, 0.717) is 16.9 Å². The van der Waals surface area contributed by atoms with Crippen molar-refractivity contribution in [2.75, 3.05) is 12.4 Å². The zero-order valence-electron chi connectivity index (χ0n) is 16.3. The van der Waals surface area contributed by atoms with Crippen molar-refractivity contribution in [3.63, 3.8) is 0 Å². The Morgan fingerprint density at radius 3 is 2.17 bits per heavy atom. The van der Waals surface area contributed by atoms with Crippen LogP contribution in [-0.2, 0) is 4.74 Å². The molecule has 4 rings (SSSR count). The van der Waals surface area contributed by atoms with Gasteiger partial charge in [-0.15, -0.1) is 0 Å². The van der Waals surface area contributed by atoms with E-state index in [1.165, 1.54) is 13.3 Å². The number of anilines is 1. The number of benzene rings is 3. The lowest BCUT2D eigenvalue weighted by atomic mass is 10.1. The minimum Gasteiger partial charge on any atom is -0.465 e. The van der Waals surface area contributed by atoms with E-state index in [4.69, 9.17) is 4.74 Å². The average molecular weight is 397 g/mol. The van der Waals surface area contributed by atoms with Crippen LogP contribution < -0.4 is 5.32 Å². The zero-order chi connectivity index (χ0) is 20.9. The Kier molecular flexibility index (Phi) is 5.39. The normalized spacial score (nSPS) is 10.4. The summed E-state index contributed by atoms with van der Waals surface area (Å²) in [7, 11) is 1.30. The van der Waals surface area contributed by atoms with Crippen LogP contribution in [0.1, 0.15) is 20.7 Å². The standard InChI is InChI=1S/C24H19N3O3/c1-30-24(29)19-14-8-9-15-21(19)26-23(28)20-16-25-27(18-12-6-3-7-13-18)22(20)17-10-4-2-5-11-17/h2-16H,1H3,(H,26,28). The van der Waals surface area contributed by atoms with Gasteiger partial charge in [-0.3, -0.25) is 4.79 Å². The smallest absolute Gasteiger partial charge is 0.339 e. The Labute approximate surface area is 173 Å². The van der Waals surface area contributed by atoms with Gasteiger partial charge in [-0.25, -0.2) is 9.48 Å². The van der Waals surface area contributed by atoms with Crippen molar-refractivity contribution in [2.45, 2.75) is 0 Å². The second-order valence-electron chi connectivity index (χ2n) is 6.51. The summed E-state index contributed by atoms with van der Waals surface area (Å²) >= 11 is 0. The largest absolute Gasteiger partial charge is 0.465 e. The van der Waals surface area contributed by atoms with Gasteiger partial charge in [0.1, 0.15) is 0 Å². The summed E-state index contributed by atoms with van der Waals surface area (Å²) in [5.74, 6) is -0.887. The molecule has 0 spiro atoms.